The average molecular weight is 495 g/mol. The molecule has 2 heterocycles. The predicted molar refractivity (Wildman–Crippen MR) is 140 cm³/mol. The van der Waals surface area contributed by atoms with E-state index in [0.717, 1.165) is 43.7 Å². The maximum Gasteiger partial charge on any atom is 0.255 e. The van der Waals surface area contributed by atoms with Crippen molar-refractivity contribution >= 4 is 40.6 Å². The zero-order valence-corrected chi connectivity index (χ0v) is 21.5. The molecule has 0 unspecified atom stereocenters. The molecule has 2 amide bonds. The maximum atomic E-state index is 13.3. The van der Waals surface area contributed by atoms with Crippen molar-refractivity contribution in [2.24, 2.45) is 0 Å². The second kappa shape index (κ2) is 11.2. The molecule has 4 rings (SSSR count). The molecule has 1 N–H and O–H groups in total. The third kappa shape index (κ3) is 6.05. The fraction of sp³-hybridized carbons (Fsp3) is 0.346. The molecule has 178 valence electrons. The monoisotopic (exact) mass is 494 g/mol. The second-order valence-electron chi connectivity index (χ2n) is 8.51. The van der Waals surface area contributed by atoms with Gasteiger partial charge in [-0.1, -0.05) is 24.3 Å². The van der Waals surface area contributed by atoms with Crippen molar-refractivity contribution in [2.45, 2.75) is 31.4 Å². The quantitative estimate of drug-likeness (QED) is 0.480. The van der Waals surface area contributed by atoms with Crippen molar-refractivity contribution in [3.05, 3.63) is 75.2 Å². The number of rotatable bonds is 7. The van der Waals surface area contributed by atoms with Crippen LogP contribution < -0.4 is 5.32 Å². The van der Waals surface area contributed by atoms with Crippen molar-refractivity contribution in [1.82, 2.24) is 14.8 Å². The van der Waals surface area contributed by atoms with Gasteiger partial charge in [0.15, 0.2) is 0 Å². The van der Waals surface area contributed by atoms with E-state index in [0.29, 0.717) is 32.7 Å². The van der Waals surface area contributed by atoms with Gasteiger partial charge in [0.05, 0.1) is 22.8 Å². The van der Waals surface area contributed by atoms with E-state index in [9.17, 15) is 9.59 Å². The number of thioether (sulfide) groups is 1. The van der Waals surface area contributed by atoms with E-state index in [1.165, 1.54) is 0 Å². The average Bonchev–Trinajstić information content (AvgIpc) is 3.26. The van der Waals surface area contributed by atoms with Crippen molar-refractivity contribution in [3.8, 4) is 0 Å². The van der Waals surface area contributed by atoms with Crippen LogP contribution in [0.1, 0.15) is 32.2 Å². The highest BCUT2D eigenvalue weighted by atomic mass is 32.2. The standard InChI is InChI=1S/C26H30N4O2S2/c1-18-7-6-9-23(19(18)2)28-25(31)15-29-11-13-30(14-12-29)26(32)22-8-4-5-10-24(22)34-17-21-16-33-20(3)27-21/h4-10,16H,11-15,17H2,1-3H3,(H,28,31). The third-order valence-corrected chi connectivity index (χ3v) is 7.99. The van der Waals surface area contributed by atoms with Crippen LogP contribution in [0, 0.1) is 20.8 Å². The number of carbonyl (C=O) groups excluding carboxylic acids is 2. The van der Waals surface area contributed by atoms with Gasteiger partial charge in [-0.2, -0.15) is 0 Å². The Labute approximate surface area is 209 Å². The number of carbonyl (C=O) groups is 2. The highest BCUT2D eigenvalue weighted by Gasteiger charge is 2.25. The number of hydrogen-bond donors (Lipinski definition) is 1. The lowest BCUT2D eigenvalue weighted by molar-refractivity contribution is -0.117. The molecule has 0 radical (unpaired) electrons. The molecule has 0 aliphatic carbocycles. The predicted octanol–water partition coefficient (Wildman–Crippen LogP) is 4.76. The van der Waals surface area contributed by atoms with Crippen molar-refractivity contribution in [2.75, 3.05) is 38.0 Å². The van der Waals surface area contributed by atoms with Crippen LogP contribution in [0.2, 0.25) is 0 Å². The van der Waals surface area contributed by atoms with Crippen molar-refractivity contribution in [1.29, 1.82) is 0 Å². The summed E-state index contributed by atoms with van der Waals surface area (Å²) in [5, 5.41) is 6.15. The number of benzene rings is 2. The largest absolute Gasteiger partial charge is 0.336 e. The summed E-state index contributed by atoms with van der Waals surface area (Å²) in [5.74, 6) is 0.780. The topological polar surface area (TPSA) is 65.5 Å². The summed E-state index contributed by atoms with van der Waals surface area (Å²) < 4.78 is 0. The number of nitrogens with zero attached hydrogens (tertiary/aromatic N) is 3. The molecule has 1 aliphatic heterocycles. The Kier molecular flexibility index (Phi) is 8.03. The number of hydrogen-bond acceptors (Lipinski definition) is 6. The molecule has 1 saturated heterocycles. The van der Waals surface area contributed by atoms with Crippen LogP contribution in [0.25, 0.3) is 0 Å². The van der Waals surface area contributed by atoms with Crippen molar-refractivity contribution in [3.63, 3.8) is 0 Å². The first-order valence-electron chi connectivity index (χ1n) is 11.4. The molecule has 0 spiro atoms. The molecule has 34 heavy (non-hydrogen) atoms. The fourth-order valence-corrected chi connectivity index (χ4v) is 5.61. The molecule has 1 aliphatic rings. The lowest BCUT2D eigenvalue weighted by Crippen LogP contribution is -2.50. The Bertz CT molecular complexity index is 1170. The summed E-state index contributed by atoms with van der Waals surface area (Å²) in [6, 6.07) is 13.7. The van der Waals surface area contributed by atoms with Crippen LogP contribution in [0.5, 0.6) is 0 Å². The Hall–Kier alpha value is -2.68. The van der Waals surface area contributed by atoms with Gasteiger partial charge < -0.3 is 10.2 Å². The number of nitrogens with one attached hydrogen (secondary N) is 1. The van der Waals surface area contributed by atoms with Gasteiger partial charge >= 0.3 is 0 Å². The van der Waals surface area contributed by atoms with Crippen LogP contribution in [0.3, 0.4) is 0 Å². The highest BCUT2D eigenvalue weighted by Crippen LogP contribution is 2.28. The van der Waals surface area contributed by atoms with E-state index in [4.69, 9.17) is 0 Å². The van der Waals surface area contributed by atoms with E-state index < -0.39 is 0 Å². The highest BCUT2D eigenvalue weighted by molar-refractivity contribution is 7.98. The summed E-state index contributed by atoms with van der Waals surface area (Å²) in [7, 11) is 0. The normalized spacial score (nSPS) is 14.3. The summed E-state index contributed by atoms with van der Waals surface area (Å²) in [6.07, 6.45) is 0. The van der Waals surface area contributed by atoms with E-state index in [2.05, 4.69) is 20.6 Å². The van der Waals surface area contributed by atoms with Gasteiger partial charge in [-0.25, -0.2) is 4.98 Å². The zero-order valence-electron chi connectivity index (χ0n) is 19.8. The lowest BCUT2D eigenvalue weighted by atomic mass is 10.1. The minimum atomic E-state index is -0.0208. The Balaban J connectivity index is 1.30. The van der Waals surface area contributed by atoms with Crippen LogP contribution in [0.4, 0.5) is 5.69 Å². The Morgan fingerprint density at radius 2 is 1.79 bits per heavy atom. The smallest absolute Gasteiger partial charge is 0.255 e. The number of thiazole rings is 1. The number of aryl methyl sites for hydroxylation is 2. The van der Waals surface area contributed by atoms with Crippen LogP contribution in [0.15, 0.2) is 52.7 Å². The molecule has 6 nitrogen and oxygen atoms in total. The van der Waals surface area contributed by atoms with Crippen LogP contribution in [-0.4, -0.2) is 59.3 Å². The van der Waals surface area contributed by atoms with E-state index in [-0.39, 0.29) is 11.8 Å². The molecule has 1 aromatic heterocycles. The Morgan fingerprint density at radius 3 is 2.53 bits per heavy atom. The third-order valence-electron chi connectivity index (χ3n) is 6.07. The van der Waals surface area contributed by atoms with Gasteiger partial charge in [0.2, 0.25) is 5.91 Å². The van der Waals surface area contributed by atoms with Gasteiger partial charge in [0, 0.05) is 47.9 Å². The minimum absolute atomic E-state index is 0.0208. The fourth-order valence-electron chi connectivity index (χ4n) is 3.95. The molecule has 2 aromatic carbocycles. The number of anilines is 1. The molecule has 0 bridgehead atoms. The van der Waals surface area contributed by atoms with Gasteiger partial charge in [-0.05, 0) is 50.1 Å². The molecule has 1 fully saturated rings. The number of aromatic nitrogens is 1. The number of piperazine rings is 1. The second-order valence-corrected chi connectivity index (χ2v) is 10.6. The molecular formula is C26H30N4O2S2. The summed E-state index contributed by atoms with van der Waals surface area (Å²) in [6.45, 7) is 8.97. The SMILES string of the molecule is Cc1nc(CSc2ccccc2C(=O)N2CCN(CC(=O)Nc3cccc(C)c3C)CC2)cs1. The number of amides is 2. The maximum absolute atomic E-state index is 13.3. The van der Waals surface area contributed by atoms with Gasteiger partial charge in [0.1, 0.15) is 0 Å². The van der Waals surface area contributed by atoms with Gasteiger partial charge in [-0.15, -0.1) is 23.1 Å². The van der Waals surface area contributed by atoms with E-state index in [1.54, 1.807) is 23.1 Å². The van der Waals surface area contributed by atoms with Crippen LogP contribution >= 0.6 is 23.1 Å². The van der Waals surface area contributed by atoms with E-state index in [1.807, 2.05) is 68.1 Å². The lowest BCUT2D eigenvalue weighted by Gasteiger charge is -2.34. The molecule has 3 aromatic rings. The summed E-state index contributed by atoms with van der Waals surface area (Å²) in [4.78, 5) is 35.4. The first kappa shape index (κ1) is 24.4. The first-order chi connectivity index (χ1) is 16.4. The zero-order chi connectivity index (χ0) is 24.1. The summed E-state index contributed by atoms with van der Waals surface area (Å²) >= 11 is 3.30. The van der Waals surface area contributed by atoms with Crippen LogP contribution in [-0.2, 0) is 10.5 Å². The first-order valence-corrected chi connectivity index (χ1v) is 13.3. The Morgan fingerprint density at radius 1 is 1.03 bits per heavy atom. The van der Waals surface area contributed by atoms with Crippen molar-refractivity contribution < 1.29 is 9.59 Å². The molecule has 0 saturated carbocycles. The molecule has 0 atom stereocenters. The van der Waals surface area contributed by atoms with Gasteiger partial charge in [0.25, 0.3) is 5.91 Å². The minimum Gasteiger partial charge on any atom is -0.336 e. The molecular weight excluding hydrogens is 464 g/mol. The van der Waals surface area contributed by atoms with Gasteiger partial charge in [-0.3, -0.25) is 14.5 Å². The van der Waals surface area contributed by atoms with E-state index >= 15 is 0 Å². The summed E-state index contributed by atoms with van der Waals surface area (Å²) in [5.41, 5.74) is 4.89. The molecule has 8 heteroatoms.